The second-order valence-electron chi connectivity index (χ2n) is 4.03. The quantitative estimate of drug-likeness (QED) is 0.803. The lowest BCUT2D eigenvalue weighted by atomic mass is 10.3. The van der Waals surface area contributed by atoms with Crippen LogP contribution in [0.25, 0.3) is 0 Å². The van der Waals surface area contributed by atoms with E-state index in [4.69, 9.17) is 0 Å². The first kappa shape index (κ1) is 12.5. The molecule has 0 radical (unpaired) electrons. The Kier molecular flexibility index (Phi) is 4.76. The van der Waals surface area contributed by atoms with Crippen molar-refractivity contribution in [1.29, 1.82) is 0 Å². The smallest absolute Gasteiger partial charge is 0.224 e. The molecular formula is C12H19N3O. The predicted molar refractivity (Wildman–Crippen MR) is 66.5 cm³/mol. The van der Waals surface area contributed by atoms with Crippen molar-refractivity contribution >= 4 is 17.4 Å². The topological polar surface area (TPSA) is 54.0 Å². The molecule has 1 heterocycles. The fraction of sp³-hybridized carbons (Fsp3) is 0.500. The minimum absolute atomic E-state index is 0.0360. The highest BCUT2D eigenvalue weighted by Gasteiger charge is 2.01. The first-order valence-electron chi connectivity index (χ1n) is 5.64. The Morgan fingerprint density at radius 2 is 2.19 bits per heavy atom. The second-order valence-corrected chi connectivity index (χ2v) is 4.03. The molecule has 0 spiro atoms. The van der Waals surface area contributed by atoms with Crippen LogP contribution in [0.2, 0.25) is 0 Å². The third kappa shape index (κ3) is 4.29. The van der Waals surface area contributed by atoms with Gasteiger partial charge in [0.15, 0.2) is 0 Å². The van der Waals surface area contributed by atoms with Gasteiger partial charge in [-0.05, 0) is 32.4 Å². The van der Waals surface area contributed by atoms with Crippen molar-refractivity contribution in [1.82, 2.24) is 4.98 Å². The molecule has 4 nitrogen and oxygen atoms in total. The van der Waals surface area contributed by atoms with Crippen molar-refractivity contribution in [3.63, 3.8) is 0 Å². The van der Waals surface area contributed by atoms with Crippen LogP contribution in [0.5, 0.6) is 0 Å². The summed E-state index contributed by atoms with van der Waals surface area (Å²) >= 11 is 0. The van der Waals surface area contributed by atoms with Crippen molar-refractivity contribution in [2.45, 2.75) is 39.7 Å². The van der Waals surface area contributed by atoms with E-state index < -0.39 is 0 Å². The van der Waals surface area contributed by atoms with Gasteiger partial charge in [0, 0.05) is 12.5 Å². The molecule has 4 heteroatoms. The Hall–Kier alpha value is -1.58. The lowest BCUT2D eigenvalue weighted by Crippen LogP contribution is -2.12. The lowest BCUT2D eigenvalue weighted by molar-refractivity contribution is -0.116. The first-order valence-corrected chi connectivity index (χ1v) is 5.64. The first-order chi connectivity index (χ1) is 7.61. The number of pyridine rings is 1. The number of aromatic nitrogens is 1. The fourth-order valence-electron chi connectivity index (χ4n) is 1.30. The normalized spacial score (nSPS) is 10.2. The van der Waals surface area contributed by atoms with Gasteiger partial charge in [0.25, 0.3) is 0 Å². The monoisotopic (exact) mass is 221 g/mol. The summed E-state index contributed by atoms with van der Waals surface area (Å²) in [6.45, 7) is 6.09. The Labute approximate surface area is 96.5 Å². The van der Waals surface area contributed by atoms with Gasteiger partial charge in [-0.2, -0.15) is 0 Å². The molecule has 0 unspecified atom stereocenters. The van der Waals surface area contributed by atoms with Crippen LogP contribution < -0.4 is 10.6 Å². The number of rotatable bonds is 5. The second kappa shape index (κ2) is 6.10. The molecule has 0 aliphatic carbocycles. The van der Waals surface area contributed by atoms with E-state index in [2.05, 4.69) is 29.5 Å². The molecule has 0 aromatic carbocycles. The maximum absolute atomic E-state index is 11.3. The molecule has 2 N–H and O–H groups in total. The Morgan fingerprint density at radius 3 is 2.69 bits per heavy atom. The van der Waals surface area contributed by atoms with Gasteiger partial charge in [0.05, 0.1) is 11.9 Å². The molecule has 1 aromatic rings. The van der Waals surface area contributed by atoms with E-state index in [0.29, 0.717) is 12.5 Å². The summed E-state index contributed by atoms with van der Waals surface area (Å²) in [6, 6.07) is 4.07. The van der Waals surface area contributed by atoms with Crippen LogP contribution in [0, 0.1) is 0 Å². The van der Waals surface area contributed by atoms with Crippen molar-refractivity contribution in [3.05, 3.63) is 18.3 Å². The SMILES string of the molecule is CCCC(=O)Nc1ccc(NC(C)C)nc1. The molecule has 0 fully saturated rings. The van der Waals surface area contributed by atoms with E-state index in [9.17, 15) is 4.79 Å². The third-order valence-electron chi connectivity index (χ3n) is 1.96. The average molecular weight is 221 g/mol. The number of hydrogen-bond acceptors (Lipinski definition) is 3. The van der Waals surface area contributed by atoms with Crippen molar-refractivity contribution in [2.24, 2.45) is 0 Å². The standard InChI is InChI=1S/C12H19N3O/c1-4-5-12(16)15-10-6-7-11(13-8-10)14-9(2)3/h6-9H,4-5H2,1-3H3,(H,13,14)(H,15,16). The van der Waals surface area contributed by atoms with Crippen molar-refractivity contribution in [2.75, 3.05) is 10.6 Å². The van der Waals surface area contributed by atoms with E-state index in [1.54, 1.807) is 6.20 Å². The van der Waals surface area contributed by atoms with Gasteiger partial charge in [-0.3, -0.25) is 4.79 Å². The number of carbonyl (C=O) groups is 1. The minimum atomic E-state index is 0.0360. The zero-order chi connectivity index (χ0) is 12.0. The van der Waals surface area contributed by atoms with Gasteiger partial charge >= 0.3 is 0 Å². The molecule has 0 aliphatic rings. The highest BCUT2D eigenvalue weighted by Crippen LogP contribution is 2.10. The molecule has 0 atom stereocenters. The maximum atomic E-state index is 11.3. The van der Waals surface area contributed by atoms with Crippen LogP contribution in [0.15, 0.2) is 18.3 Å². The molecule has 0 saturated heterocycles. The maximum Gasteiger partial charge on any atom is 0.224 e. The van der Waals surface area contributed by atoms with Gasteiger partial charge in [-0.25, -0.2) is 4.98 Å². The van der Waals surface area contributed by atoms with Crippen LogP contribution in [0.3, 0.4) is 0 Å². The van der Waals surface area contributed by atoms with Gasteiger partial charge in [-0.1, -0.05) is 6.92 Å². The molecule has 1 rings (SSSR count). The molecule has 0 saturated carbocycles. The number of hydrogen-bond donors (Lipinski definition) is 2. The summed E-state index contributed by atoms with van der Waals surface area (Å²) in [4.78, 5) is 15.5. The number of nitrogens with zero attached hydrogens (tertiary/aromatic N) is 1. The third-order valence-corrected chi connectivity index (χ3v) is 1.96. The fourth-order valence-corrected chi connectivity index (χ4v) is 1.30. The molecule has 16 heavy (non-hydrogen) atoms. The van der Waals surface area contributed by atoms with Crippen LogP contribution in [0.1, 0.15) is 33.6 Å². The van der Waals surface area contributed by atoms with Crippen molar-refractivity contribution < 1.29 is 4.79 Å². The molecule has 0 aliphatic heterocycles. The van der Waals surface area contributed by atoms with E-state index in [-0.39, 0.29) is 5.91 Å². The molecule has 1 amide bonds. The predicted octanol–water partition coefficient (Wildman–Crippen LogP) is 2.64. The Morgan fingerprint density at radius 1 is 1.44 bits per heavy atom. The summed E-state index contributed by atoms with van der Waals surface area (Å²) in [6.07, 6.45) is 3.07. The van der Waals surface area contributed by atoms with Gasteiger partial charge in [0.2, 0.25) is 5.91 Å². The largest absolute Gasteiger partial charge is 0.368 e. The minimum Gasteiger partial charge on any atom is -0.368 e. The van der Waals surface area contributed by atoms with Crippen LogP contribution in [0.4, 0.5) is 11.5 Å². The average Bonchev–Trinajstić information content (AvgIpc) is 2.20. The summed E-state index contributed by atoms with van der Waals surface area (Å²) in [5.74, 6) is 0.859. The number of carbonyl (C=O) groups excluding carboxylic acids is 1. The van der Waals surface area contributed by atoms with E-state index in [0.717, 1.165) is 17.9 Å². The summed E-state index contributed by atoms with van der Waals surface area (Å²) in [5, 5.41) is 5.98. The van der Waals surface area contributed by atoms with Crippen LogP contribution in [-0.2, 0) is 4.79 Å². The number of amides is 1. The highest BCUT2D eigenvalue weighted by molar-refractivity contribution is 5.90. The van der Waals surface area contributed by atoms with Gasteiger partial charge < -0.3 is 10.6 Å². The van der Waals surface area contributed by atoms with Gasteiger partial charge in [-0.15, -0.1) is 0 Å². The van der Waals surface area contributed by atoms with Crippen LogP contribution >= 0.6 is 0 Å². The molecule has 88 valence electrons. The zero-order valence-electron chi connectivity index (χ0n) is 10.1. The van der Waals surface area contributed by atoms with Crippen LogP contribution in [-0.4, -0.2) is 16.9 Å². The Bertz CT molecular complexity index is 333. The highest BCUT2D eigenvalue weighted by atomic mass is 16.1. The lowest BCUT2D eigenvalue weighted by Gasteiger charge is -2.09. The number of anilines is 2. The summed E-state index contributed by atoms with van der Waals surface area (Å²) in [5.41, 5.74) is 0.743. The molecule has 1 aromatic heterocycles. The van der Waals surface area contributed by atoms with E-state index in [1.165, 1.54) is 0 Å². The summed E-state index contributed by atoms with van der Waals surface area (Å²) in [7, 11) is 0. The Balaban J connectivity index is 2.54. The number of nitrogens with one attached hydrogen (secondary N) is 2. The molecule has 0 bridgehead atoms. The van der Waals surface area contributed by atoms with Crippen molar-refractivity contribution in [3.8, 4) is 0 Å². The van der Waals surface area contributed by atoms with Gasteiger partial charge in [0.1, 0.15) is 5.82 Å². The molecular weight excluding hydrogens is 202 g/mol. The summed E-state index contributed by atoms with van der Waals surface area (Å²) < 4.78 is 0. The van der Waals surface area contributed by atoms with E-state index >= 15 is 0 Å². The zero-order valence-corrected chi connectivity index (χ0v) is 10.1. The van der Waals surface area contributed by atoms with E-state index in [1.807, 2.05) is 19.1 Å².